The second-order valence-corrected chi connectivity index (χ2v) is 6.89. The van der Waals surface area contributed by atoms with Gasteiger partial charge in [-0.25, -0.2) is 4.79 Å². The van der Waals surface area contributed by atoms with Crippen molar-refractivity contribution in [3.05, 3.63) is 65.7 Å². The number of amides is 2. The third-order valence-corrected chi connectivity index (χ3v) is 4.52. The Labute approximate surface area is 179 Å². The number of hydrogen-bond donors (Lipinski definition) is 3. The van der Waals surface area contributed by atoms with Crippen molar-refractivity contribution in [1.82, 2.24) is 10.6 Å². The molecule has 0 spiro atoms. The van der Waals surface area contributed by atoms with Crippen molar-refractivity contribution in [2.45, 2.75) is 38.1 Å². The first kappa shape index (κ1) is 24.2. The van der Waals surface area contributed by atoms with E-state index in [1.54, 1.807) is 7.05 Å². The number of nitrogens with one attached hydrogen (secondary N) is 3. The molecular weight excluding hydrogens is 411 g/mol. The standard InChI is InChI=1S/C22H26F3N3O3/c1-26-19(20(29)28-18-11-7-10-17(14-18)22(23,24)25)12-5-6-13-27-21(30)31-15-16-8-3-2-4-9-16/h2-4,7-11,14,19,26H,5-6,12-13,15H2,1H3,(H,27,30)(H,28,29)/t19-/m0/s1. The first-order chi connectivity index (χ1) is 14.8. The van der Waals surface area contributed by atoms with Crippen molar-refractivity contribution >= 4 is 17.7 Å². The average molecular weight is 437 g/mol. The highest BCUT2D eigenvalue weighted by Gasteiger charge is 2.30. The molecule has 6 nitrogen and oxygen atoms in total. The van der Waals surface area contributed by atoms with Gasteiger partial charge in [-0.3, -0.25) is 4.79 Å². The van der Waals surface area contributed by atoms with Gasteiger partial charge in [0.25, 0.3) is 0 Å². The molecule has 0 fully saturated rings. The van der Waals surface area contributed by atoms with Crippen molar-refractivity contribution in [1.29, 1.82) is 0 Å². The molecule has 168 valence electrons. The number of benzene rings is 2. The second-order valence-electron chi connectivity index (χ2n) is 6.89. The van der Waals surface area contributed by atoms with Crippen LogP contribution in [0.1, 0.15) is 30.4 Å². The molecule has 0 unspecified atom stereocenters. The van der Waals surface area contributed by atoms with Crippen LogP contribution in [0, 0.1) is 0 Å². The quantitative estimate of drug-likeness (QED) is 0.484. The van der Waals surface area contributed by atoms with E-state index in [1.165, 1.54) is 12.1 Å². The first-order valence-corrected chi connectivity index (χ1v) is 9.89. The van der Waals surface area contributed by atoms with E-state index >= 15 is 0 Å². The molecule has 0 saturated carbocycles. The predicted octanol–water partition coefficient (Wildman–Crippen LogP) is 4.33. The van der Waals surface area contributed by atoms with E-state index in [2.05, 4.69) is 16.0 Å². The minimum Gasteiger partial charge on any atom is -0.445 e. The van der Waals surface area contributed by atoms with Gasteiger partial charge in [0.05, 0.1) is 11.6 Å². The van der Waals surface area contributed by atoms with Gasteiger partial charge in [0.1, 0.15) is 6.61 Å². The molecule has 31 heavy (non-hydrogen) atoms. The van der Waals surface area contributed by atoms with Crippen LogP contribution in [-0.2, 0) is 22.3 Å². The molecule has 0 aliphatic heterocycles. The van der Waals surface area contributed by atoms with E-state index in [-0.39, 0.29) is 12.3 Å². The highest BCUT2D eigenvalue weighted by molar-refractivity contribution is 5.94. The number of rotatable bonds is 10. The number of halogens is 3. The lowest BCUT2D eigenvalue weighted by Crippen LogP contribution is -2.38. The third kappa shape index (κ3) is 8.67. The highest BCUT2D eigenvalue weighted by atomic mass is 19.4. The van der Waals surface area contributed by atoms with Crippen molar-refractivity contribution in [3.8, 4) is 0 Å². The number of alkyl halides is 3. The fourth-order valence-corrected chi connectivity index (χ4v) is 2.85. The molecule has 0 saturated heterocycles. The van der Waals surface area contributed by atoms with Crippen LogP contribution in [-0.4, -0.2) is 31.6 Å². The average Bonchev–Trinajstić information content (AvgIpc) is 2.75. The summed E-state index contributed by atoms with van der Waals surface area (Å²) < 4.78 is 43.5. The fraction of sp³-hybridized carbons (Fsp3) is 0.364. The molecule has 2 amide bonds. The molecule has 0 aliphatic carbocycles. The van der Waals surface area contributed by atoms with Crippen LogP contribution >= 0.6 is 0 Å². The Kier molecular flexibility index (Phi) is 9.33. The molecule has 0 radical (unpaired) electrons. The van der Waals surface area contributed by atoms with Gasteiger partial charge in [0, 0.05) is 12.2 Å². The van der Waals surface area contributed by atoms with Crippen LogP contribution in [0.25, 0.3) is 0 Å². The molecule has 2 aromatic rings. The molecule has 2 rings (SSSR count). The van der Waals surface area contributed by atoms with E-state index in [0.717, 1.165) is 17.7 Å². The van der Waals surface area contributed by atoms with E-state index in [4.69, 9.17) is 4.74 Å². The van der Waals surface area contributed by atoms with Crippen LogP contribution in [0.2, 0.25) is 0 Å². The van der Waals surface area contributed by atoms with Crippen LogP contribution in [0.15, 0.2) is 54.6 Å². The zero-order chi connectivity index (χ0) is 22.7. The van der Waals surface area contributed by atoms with Gasteiger partial charge in [-0.05, 0) is 50.1 Å². The van der Waals surface area contributed by atoms with Crippen molar-refractivity contribution in [2.75, 3.05) is 18.9 Å². The maximum absolute atomic E-state index is 12.8. The summed E-state index contributed by atoms with van der Waals surface area (Å²) in [5.41, 5.74) is 0.153. The van der Waals surface area contributed by atoms with Crippen molar-refractivity contribution in [3.63, 3.8) is 0 Å². The molecule has 0 bridgehead atoms. The number of unbranched alkanes of at least 4 members (excludes halogenated alkanes) is 1. The second kappa shape index (κ2) is 11.9. The Morgan fingerprint density at radius 1 is 1.03 bits per heavy atom. The predicted molar refractivity (Wildman–Crippen MR) is 111 cm³/mol. The summed E-state index contributed by atoms with van der Waals surface area (Å²) in [5.74, 6) is -0.419. The summed E-state index contributed by atoms with van der Waals surface area (Å²) in [6.07, 6.45) is -3.28. The summed E-state index contributed by atoms with van der Waals surface area (Å²) in [6.45, 7) is 0.573. The number of ether oxygens (including phenoxy) is 1. The van der Waals surface area contributed by atoms with Gasteiger partial charge >= 0.3 is 12.3 Å². The number of carbonyl (C=O) groups excluding carboxylic acids is 2. The van der Waals surface area contributed by atoms with Crippen LogP contribution in [0.3, 0.4) is 0 Å². The summed E-state index contributed by atoms with van der Waals surface area (Å²) in [4.78, 5) is 24.0. The number of alkyl carbamates (subject to hydrolysis) is 1. The van der Waals surface area contributed by atoms with Gasteiger partial charge in [0.2, 0.25) is 5.91 Å². The number of hydrogen-bond acceptors (Lipinski definition) is 4. The molecule has 2 aromatic carbocycles. The fourth-order valence-electron chi connectivity index (χ4n) is 2.85. The van der Waals surface area contributed by atoms with Crippen molar-refractivity contribution < 1.29 is 27.5 Å². The van der Waals surface area contributed by atoms with Gasteiger partial charge in [-0.1, -0.05) is 36.4 Å². The van der Waals surface area contributed by atoms with E-state index in [9.17, 15) is 22.8 Å². The van der Waals surface area contributed by atoms with Gasteiger partial charge in [-0.2, -0.15) is 13.2 Å². The van der Waals surface area contributed by atoms with E-state index in [1.807, 2.05) is 30.3 Å². The van der Waals surface area contributed by atoms with Crippen LogP contribution < -0.4 is 16.0 Å². The summed E-state index contributed by atoms with van der Waals surface area (Å²) in [7, 11) is 1.61. The zero-order valence-corrected chi connectivity index (χ0v) is 17.2. The smallest absolute Gasteiger partial charge is 0.416 e. The Hall–Kier alpha value is -3.07. The SMILES string of the molecule is CN[C@@H](CCCCNC(=O)OCc1ccccc1)C(=O)Nc1cccc(C(F)(F)F)c1. The zero-order valence-electron chi connectivity index (χ0n) is 17.2. The molecule has 1 atom stereocenters. The summed E-state index contributed by atoms with van der Waals surface area (Å²) in [5, 5.41) is 8.01. The Bertz CT molecular complexity index is 845. The van der Waals surface area contributed by atoms with Crippen LogP contribution in [0.5, 0.6) is 0 Å². The lowest BCUT2D eigenvalue weighted by molar-refractivity contribution is -0.137. The Morgan fingerprint density at radius 2 is 1.77 bits per heavy atom. The van der Waals surface area contributed by atoms with Crippen LogP contribution in [0.4, 0.5) is 23.7 Å². The van der Waals surface area contributed by atoms with Gasteiger partial charge in [-0.15, -0.1) is 0 Å². The maximum Gasteiger partial charge on any atom is 0.416 e. The monoisotopic (exact) mass is 437 g/mol. The topological polar surface area (TPSA) is 79.5 Å². The molecular formula is C22H26F3N3O3. The normalized spacial score (nSPS) is 12.1. The molecule has 0 aliphatic rings. The molecule has 0 heterocycles. The summed E-state index contributed by atoms with van der Waals surface area (Å²) >= 11 is 0. The number of likely N-dealkylation sites (N-methyl/N-ethyl adjacent to an activating group) is 1. The molecule has 3 N–H and O–H groups in total. The lowest BCUT2D eigenvalue weighted by atomic mass is 10.1. The summed E-state index contributed by atoms with van der Waals surface area (Å²) in [6, 6.07) is 13.2. The highest BCUT2D eigenvalue weighted by Crippen LogP contribution is 2.30. The molecule has 0 aromatic heterocycles. The first-order valence-electron chi connectivity index (χ1n) is 9.89. The lowest BCUT2D eigenvalue weighted by Gasteiger charge is -2.17. The largest absolute Gasteiger partial charge is 0.445 e. The Balaban J connectivity index is 1.68. The Morgan fingerprint density at radius 3 is 2.45 bits per heavy atom. The minimum absolute atomic E-state index is 0.0860. The van der Waals surface area contributed by atoms with Gasteiger partial charge in [0.15, 0.2) is 0 Å². The maximum atomic E-state index is 12.8. The number of anilines is 1. The third-order valence-electron chi connectivity index (χ3n) is 4.52. The van der Waals surface area contributed by atoms with Gasteiger partial charge < -0.3 is 20.7 Å². The minimum atomic E-state index is -4.47. The number of carbonyl (C=O) groups is 2. The van der Waals surface area contributed by atoms with Crippen molar-refractivity contribution in [2.24, 2.45) is 0 Å². The molecule has 9 heteroatoms. The van der Waals surface area contributed by atoms with E-state index in [0.29, 0.717) is 25.8 Å². The van der Waals surface area contributed by atoms with E-state index < -0.39 is 29.8 Å².